The Labute approximate surface area is 108 Å². The maximum atomic E-state index is 13.6. The van der Waals surface area contributed by atoms with Crippen LogP contribution in [0.4, 0.5) is 4.39 Å². The lowest BCUT2D eigenvalue weighted by atomic mass is 9.95. The van der Waals surface area contributed by atoms with E-state index in [1.807, 2.05) is 0 Å². The highest BCUT2D eigenvalue weighted by Gasteiger charge is 2.38. The molecule has 0 radical (unpaired) electrons. The van der Waals surface area contributed by atoms with Gasteiger partial charge in [-0.15, -0.1) is 0 Å². The molecule has 5 heteroatoms. The summed E-state index contributed by atoms with van der Waals surface area (Å²) in [5, 5.41) is 2.98. The second-order valence-corrected chi connectivity index (χ2v) is 7.61. The van der Waals surface area contributed by atoms with Crippen molar-refractivity contribution < 1.29 is 12.8 Å². The molecule has 1 unspecified atom stereocenters. The first-order valence-electron chi connectivity index (χ1n) is 5.80. The summed E-state index contributed by atoms with van der Waals surface area (Å²) in [6.45, 7) is 3.31. The van der Waals surface area contributed by atoms with Gasteiger partial charge in [-0.25, -0.2) is 12.8 Å². The Morgan fingerprint density at radius 1 is 1.33 bits per heavy atom. The average molecular weight is 273 g/mol. The molecule has 1 N–H and O–H groups in total. The second kappa shape index (κ2) is 5.36. The number of likely N-dealkylation sites (N-methyl/N-ethyl adjacent to an activating group) is 1. The van der Waals surface area contributed by atoms with Crippen molar-refractivity contribution in [2.24, 2.45) is 0 Å². The number of rotatable bonds is 5. The van der Waals surface area contributed by atoms with E-state index < -0.39 is 14.6 Å². The van der Waals surface area contributed by atoms with E-state index >= 15 is 0 Å². The van der Waals surface area contributed by atoms with Crippen LogP contribution in [0.15, 0.2) is 24.3 Å². The van der Waals surface area contributed by atoms with Crippen molar-refractivity contribution in [3.8, 4) is 0 Å². The van der Waals surface area contributed by atoms with Gasteiger partial charge in [0.05, 0.1) is 4.75 Å². The van der Waals surface area contributed by atoms with Crippen LogP contribution in [-0.2, 0) is 16.3 Å². The lowest BCUT2D eigenvalue weighted by Crippen LogP contribution is -2.51. The summed E-state index contributed by atoms with van der Waals surface area (Å²) in [6.07, 6.45) is 1.54. The Morgan fingerprint density at radius 2 is 1.89 bits per heavy atom. The summed E-state index contributed by atoms with van der Waals surface area (Å²) in [5.41, 5.74) is 0.522. The fraction of sp³-hybridized carbons (Fsp3) is 0.538. The summed E-state index contributed by atoms with van der Waals surface area (Å²) in [4.78, 5) is 0. The monoisotopic (exact) mass is 273 g/mol. The Bertz CT molecular complexity index is 511. The predicted octanol–water partition coefficient (Wildman–Crippen LogP) is 1.78. The van der Waals surface area contributed by atoms with Gasteiger partial charge in [-0.2, -0.15) is 0 Å². The van der Waals surface area contributed by atoms with Crippen molar-refractivity contribution in [1.29, 1.82) is 0 Å². The van der Waals surface area contributed by atoms with Crippen LogP contribution in [0.5, 0.6) is 0 Å². The standard InChI is InChI=1S/C13H20FNO2S/c1-13(2,18(4,16)17)12(15-3)9-10-7-5-6-8-11(10)14/h5-8,12,15H,9H2,1-4H3. The van der Waals surface area contributed by atoms with E-state index in [1.54, 1.807) is 39.1 Å². The van der Waals surface area contributed by atoms with Gasteiger partial charge in [0.15, 0.2) is 9.84 Å². The third-order valence-corrected chi connectivity index (χ3v) is 5.72. The summed E-state index contributed by atoms with van der Waals surface area (Å²) >= 11 is 0. The Balaban J connectivity index is 3.04. The topological polar surface area (TPSA) is 46.2 Å². The number of hydrogen-bond acceptors (Lipinski definition) is 3. The summed E-state index contributed by atoms with van der Waals surface area (Å²) < 4.78 is 36.2. The average Bonchev–Trinajstić information content (AvgIpc) is 2.26. The lowest BCUT2D eigenvalue weighted by molar-refractivity contribution is 0.425. The van der Waals surface area contributed by atoms with E-state index in [2.05, 4.69) is 5.32 Å². The molecule has 0 aliphatic rings. The fourth-order valence-corrected chi connectivity index (χ4v) is 2.56. The molecule has 0 bridgehead atoms. The number of benzene rings is 1. The minimum atomic E-state index is -3.23. The smallest absolute Gasteiger partial charge is 0.154 e. The highest BCUT2D eigenvalue weighted by molar-refractivity contribution is 7.92. The summed E-state index contributed by atoms with van der Waals surface area (Å²) in [6, 6.07) is 6.09. The minimum absolute atomic E-state index is 0.304. The molecule has 0 saturated heterocycles. The molecule has 102 valence electrons. The molecule has 0 saturated carbocycles. The van der Waals surface area contributed by atoms with Gasteiger partial charge in [0, 0.05) is 12.3 Å². The van der Waals surface area contributed by atoms with E-state index in [0.717, 1.165) is 0 Å². The molecular weight excluding hydrogens is 253 g/mol. The predicted molar refractivity (Wildman–Crippen MR) is 71.9 cm³/mol. The van der Waals surface area contributed by atoms with Gasteiger partial charge in [-0.05, 0) is 38.9 Å². The minimum Gasteiger partial charge on any atom is -0.315 e. The summed E-state index contributed by atoms with van der Waals surface area (Å²) in [5.74, 6) is -0.304. The highest BCUT2D eigenvalue weighted by Crippen LogP contribution is 2.23. The molecule has 1 aromatic carbocycles. The number of hydrogen-bond donors (Lipinski definition) is 1. The van der Waals surface area contributed by atoms with Crippen LogP contribution in [0.3, 0.4) is 0 Å². The largest absolute Gasteiger partial charge is 0.315 e. The lowest BCUT2D eigenvalue weighted by Gasteiger charge is -2.32. The second-order valence-electron chi connectivity index (χ2n) is 5.01. The quantitative estimate of drug-likeness (QED) is 0.889. The molecule has 3 nitrogen and oxygen atoms in total. The maximum absolute atomic E-state index is 13.6. The molecule has 0 aromatic heterocycles. The van der Waals surface area contributed by atoms with Gasteiger partial charge in [-0.3, -0.25) is 0 Å². The molecule has 0 fully saturated rings. The van der Waals surface area contributed by atoms with E-state index in [1.165, 1.54) is 12.3 Å². The third kappa shape index (κ3) is 3.09. The normalized spacial score (nSPS) is 14.5. The van der Waals surface area contributed by atoms with Crippen LogP contribution in [-0.4, -0.2) is 32.5 Å². The van der Waals surface area contributed by atoms with Gasteiger partial charge in [0.2, 0.25) is 0 Å². The van der Waals surface area contributed by atoms with Crippen LogP contribution >= 0.6 is 0 Å². The van der Waals surface area contributed by atoms with Crippen LogP contribution in [0.2, 0.25) is 0 Å². The van der Waals surface area contributed by atoms with E-state index in [9.17, 15) is 12.8 Å². The molecule has 0 heterocycles. The fourth-order valence-electron chi connectivity index (χ4n) is 1.84. The summed E-state index contributed by atoms with van der Waals surface area (Å²) in [7, 11) is -1.54. The van der Waals surface area contributed by atoms with E-state index in [-0.39, 0.29) is 11.9 Å². The van der Waals surface area contributed by atoms with Gasteiger partial charge in [-0.1, -0.05) is 18.2 Å². The first kappa shape index (κ1) is 15.1. The zero-order chi connectivity index (χ0) is 14.0. The van der Waals surface area contributed by atoms with Gasteiger partial charge < -0.3 is 5.32 Å². The van der Waals surface area contributed by atoms with Crippen molar-refractivity contribution in [3.05, 3.63) is 35.6 Å². The van der Waals surface area contributed by atoms with E-state index in [4.69, 9.17) is 0 Å². The van der Waals surface area contributed by atoms with Crippen LogP contribution in [0, 0.1) is 5.82 Å². The number of sulfone groups is 1. The molecular formula is C13H20FNO2S. The molecule has 1 rings (SSSR count). The molecule has 0 amide bonds. The SMILES string of the molecule is CNC(Cc1ccccc1F)C(C)(C)S(C)(=O)=O. The van der Waals surface area contributed by atoms with E-state index in [0.29, 0.717) is 12.0 Å². The van der Waals surface area contributed by atoms with Crippen molar-refractivity contribution >= 4 is 9.84 Å². The van der Waals surface area contributed by atoms with Crippen molar-refractivity contribution in [2.75, 3.05) is 13.3 Å². The molecule has 0 aliphatic heterocycles. The molecule has 1 atom stereocenters. The first-order chi connectivity index (χ1) is 8.20. The Hall–Kier alpha value is -0.940. The Kier molecular flexibility index (Phi) is 4.50. The molecule has 0 spiro atoms. The van der Waals surface area contributed by atoms with Crippen LogP contribution in [0.1, 0.15) is 19.4 Å². The number of nitrogens with one attached hydrogen (secondary N) is 1. The van der Waals surface area contributed by atoms with Crippen molar-refractivity contribution in [1.82, 2.24) is 5.32 Å². The highest BCUT2D eigenvalue weighted by atomic mass is 32.2. The van der Waals surface area contributed by atoms with Gasteiger partial charge >= 0.3 is 0 Å². The third-order valence-electron chi connectivity index (χ3n) is 3.53. The zero-order valence-electron chi connectivity index (χ0n) is 11.2. The zero-order valence-corrected chi connectivity index (χ0v) is 12.0. The van der Waals surface area contributed by atoms with Gasteiger partial charge in [0.1, 0.15) is 5.82 Å². The van der Waals surface area contributed by atoms with Gasteiger partial charge in [0.25, 0.3) is 0 Å². The maximum Gasteiger partial charge on any atom is 0.154 e. The number of halogens is 1. The molecule has 1 aromatic rings. The molecule has 18 heavy (non-hydrogen) atoms. The Morgan fingerprint density at radius 3 is 2.33 bits per heavy atom. The van der Waals surface area contributed by atoms with Crippen LogP contribution in [0.25, 0.3) is 0 Å². The first-order valence-corrected chi connectivity index (χ1v) is 7.69. The van der Waals surface area contributed by atoms with Crippen molar-refractivity contribution in [2.45, 2.75) is 31.1 Å². The van der Waals surface area contributed by atoms with Crippen LogP contribution < -0.4 is 5.32 Å². The molecule has 0 aliphatic carbocycles. The van der Waals surface area contributed by atoms with Crippen molar-refractivity contribution in [3.63, 3.8) is 0 Å².